The maximum absolute atomic E-state index is 2.41. The largest absolute Gasteiger partial charge is 0.0882 e. The Bertz CT molecular complexity index is 113. The zero-order chi connectivity index (χ0) is 5.40. The molecule has 2 rings (SSSR count). The molecule has 0 saturated heterocycles. The quantitative estimate of drug-likeness (QED) is 0.418. The van der Waals surface area contributed by atoms with E-state index in [9.17, 15) is 0 Å². The lowest BCUT2D eigenvalue weighted by Gasteiger charge is -2.36. The summed E-state index contributed by atoms with van der Waals surface area (Å²) >= 11 is 0. The van der Waals surface area contributed by atoms with Crippen LogP contribution < -0.4 is 0 Å². The molecular weight excluding hydrogens is 96.1 g/mol. The van der Waals surface area contributed by atoms with Gasteiger partial charge in [0.2, 0.25) is 0 Å². The van der Waals surface area contributed by atoms with E-state index in [2.05, 4.69) is 12.2 Å². The van der Waals surface area contributed by atoms with E-state index in [1.54, 1.807) is 0 Å². The van der Waals surface area contributed by atoms with Crippen molar-refractivity contribution >= 4 is 0 Å². The van der Waals surface area contributed by atoms with Gasteiger partial charge in [0, 0.05) is 0 Å². The molecule has 0 bridgehead atoms. The van der Waals surface area contributed by atoms with Crippen LogP contribution in [0.5, 0.6) is 0 Å². The third-order valence-electron chi connectivity index (χ3n) is 2.56. The van der Waals surface area contributed by atoms with E-state index in [0.717, 1.165) is 11.8 Å². The molecule has 0 heterocycles. The van der Waals surface area contributed by atoms with Crippen LogP contribution in [-0.2, 0) is 0 Å². The monoisotopic (exact) mass is 108 g/mol. The van der Waals surface area contributed by atoms with Gasteiger partial charge in [-0.2, -0.15) is 0 Å². The topological polar surface area (TPSA) is 0 Å². The summed E-state index contributed by atoms with van der Waals surface area (Å²) in [7, 11) is 0. The summed E-state index contributed by atoms with van der Waals surface area (Å²) in [5.41, 5.74) is 0. The Balaban J connectivity index is 2.08. The van der Waals surface area contributed by atoms with E-state index in [4.69, 9.17) is 0 Å². The van der Waals surface area contributed by atoms with Gasteiger partial charge in [0.05, 0.1) is 0 Å². The van der Waals surface area contributed by atoms with E-state index in [-0.39, 0.29) is 0 Å². The molecule has 0 N–H and O–H groups in total. The van der Waals surface area contributed by atoms with Gasteiger partial charge in [-0.25, -0.2) is 0 Å². The second-order valence-corrected chi connectivity index (χ2v) is 3.01. The van der Waals surface area contributed by atoms with Gasteiger partial charge in [-0.15, -0.1) is 0 Å². The molecule has 0 amide bonds. The van der Waals surface area contributed by atoms with E-state index >= 15 is 0 Å². The predicted octanol–water partition coefficient (Wildman–Crippen LogP) is 2.36. The van der Waals surface area contributed by atoms with Gasteiger partial charge in [-0.05, 0) is 37.5 Å². The Hall–Kier alpha value is -0.260. The van der Waals surface area contributed by atoms with Crippen LogP contribution in [0.3, 0.4) is 0 Å². The minimum Gasteiger partial charge on any atom is -0.0882 e. The fourth-order valence-corrected chi connectivity index (χ4v) is 1.79. The molecule has 0 heteroatoms. The number of hydrogen-bond donors (Lipinski definition) is 0. The average Bonchev–Trinajstić information content (AvgIpc) is 1.72. The van der Waals surface area contributed by atoms with Crippen molar-refractivity contribution in [1.82, 2.24) is 0 Å². The molecular formula is C8H12. The van der Waals surface area contributed by atoms with Crippen LogP contribution >= 0.6 is 0 Å². The highest BCUT2D eigenvalue weighted by molar-refractivity contribution is 5.01. The van der Waals surface area contributed by atoms with Crippen molar-refractivity contribution in [2.45, 2.75) is 25.7 Å². The molecule has 1 saturated carbocycles. The van der Waals surface area contributed by atoms with Gasteiger partial charge in [0.25, 0.3) is 0 Å². The van der Waals surface area contributed by atoms with Crippen molar-refractivity contribution in [1.29, 1.82) is 0 Å². The zero-order valence-corrected chi connectivity index (χ0v) is 5.14. The van der Waals surface area contributed by atoms with Gasteiger partial charge < -0.3 is 0 Å². The maximum atomic E-state index is 2.41. The van der Waals surface area contributed by atoms with Gasteiger partial charge in [0.15, 0.2) is 0 Å². The summed E-state index contributed by atoms with van der Waals surface area (Å²) in [5, 5.41) is 0. The minimum atomic E-state index is 1.00. The molecule has 0 aromatic carbocycles. The van der Waals surface area contributed by atoms with Crippen LogP contribution in [0.4, 0.5) is 0 Å². The highest BCUT2D eigenvalue weighted by Gasteiger charge is 2.29. The number of rotatable bonds is 0. The summed E-state index contributed by atoms with van der Waals surface area (Å²) in [5.74, 6) is 2.10. The Kier molecular flexibility index (Phi) is 0.927. The van der Waals surface area contributed by atoms with Crippen LogP contribution in [0.2, 0.25) is 0 Å². The number of allylic oxidation sites excluding steroid dienone is 2. The lowest BCUT2D eigenvalue weighted by Crippen LogP contribution is -2.25. The molecule has 0 aromatic rings. The first-order valence-corrected chi connectivity index (χ1v) is 3.63. The van der Waals surface area contributed by atoms with Crippen molar-refractivity contribution in [3.63, 3.8) is 0 Å². The van der Waals surface area contributed by atoms with E-state index in [1.807, 2.05) is 0 Å². The van der Waals surface area contributed by atoms with Crippen LogP contribution in [0, 0.1) is 11.8 Å². The molecule has 0 spiro atoms. The van der Waals surface area contributed by atoms with Crippen molar-refractivity contribution in [3.05, 3.63) is 12.2 Å². The van der Waals surface area contributed by atoms with Crippen molar-refractivity contribution in [2.75, 3.05) is 0 Å². The van der Waals surface area contributed by atoms with Crippen molar-refractivity contribution < 1.29 is 0 Å². The van der Waals surface area contributed by atoms with Crippen LogP contribution in [0.1, 0.15) is 25.7 Å². The third-order valence-corrected chi connectivity index (χ3v) is 2.56. The molecule has 0 nitrogen and oxygen atoms in total. The standard InChI is InChI=1S/C8H12/c1-2-4-8-6-5-7(8)3-1/h1,3,7-8H,2,4-6H2/t7-,8-/m0/s1. The summed E-state index contributed by atoms with van der Waals surface area (Å²) in [6.45, 7) is 0. The summed E-state index contributed by atoms with van der Waals surface area (Å²) in [6, 6.07) is 0. The van der Waals surface area contributed by atoms with Crippen LogP contribution in [-0.4, -0.2) is 0 Å². The second kappa shape index (κ2) is 1.61. The molecule has 44 valence electrons. The maximum Gasteiger partial charge on any atom is -0.0205 e. The Morgan fingerprint density at radius 2 is 2.12 bits per heavy atom. The van der Waals surface area contributed by atoms with Crippen LogP contribution in [0.25, 0.3) is 0 Å². The SMILES string of the molecule is C1=C[C@H]2CC[C@@H]2CC1. The molecule has 8 heavy (non-hydrogen) atoms. The first kappa shape index (κ1) is 4.60. The summed E-state index contributed by atoms with van der Waals surface area (Å²) < 4.78 is 0. The fourth-order valence-electron chi connectivity index (χ4n) is 1.79. The molecule has 2 atom stereocenters. The highest BCUT2D eigenvalue weighted by Crippen LogP contribution is 2.40. The van der Waals surface area contributed by atoms with Gasteiger partial charge in [0.1, 0.15) is 0 Å². The fraction of sp³-hybridized carbons (Fsp3) is 0.750. The molecule has 2 aliphatic rings. The van der Waals surface area contributed by atoms with E-state index in [0.29, 0.717) is 0 Å². The lowest BCUT2D eigenvalue weighted by atomic mass is 9.69. The molecule has 0 radical (unpaired) electrons. The van der Waals surface area contributed by atoms with Crippen molar-refractivity contribution in [2.24, 2.45) is 11.8 Å². The smallest absolute Gasteiger partial charge is 0.0205 e. The van der Waals surface area contributed by atoms with Crippen molar-refractivity contribution in [3.8, 4) is 0 Å². The Morgan fingerprint density at radius 1 is 1.12 bits per heavy atom. The minimum absolute atomic E-state index is 1.00. The summed E-state index contributed by atoms with van der Waals surface area (Å²) in [4.78, 5) is 0. The third kappa shape index (κ3) is 0.521. The summed E-state index contributed by atoms with van der Waals surface area (Å²) in [6.07, 6.45) is 10.6. The molecule has 0 aromatic heterocycles. The normalized spacial score (nSPS) is 43.0. The first-order chi connectivity index (χ1) is 3.97. The van der Waals surface area contributed by atoms with Crippen LogP contribution in [0.15, 0.2) is 12.2 Å². The van der Waals surface area contributed by atoms with Gasteiger partial charge in [-0.3, -0.25) is 0 Å². The zero-order valence-electron chi connectivity index (χ0n) is 5.14. The van der Waals surface area contributed by atoms with E-state index < -0.39 is 0 Å². The Morgan fingerprint density at radius 3 is 2.50 bits per heavy atom. The average molecular weight is 108 g/mol. The number of fused-ring (bicyclic) bond motifs is 1. The number of hydrogen-bond acceptors (Lipinski definition) is 0. The van der Waals surface area contributed by atoms with Gasteiger partial charge in [-0.1, -0.05) is 12.2 Å². The van der Waals surface area contributed by atoms with E-state index in [1.165, 1.54) is 25.7 Å². The predicted molar refractivity (Wildman–Crippen MR) is 34.6 cm³/mol. The molecule has 2 aliphatic carbocycles. The van der Waals surface area contributed by atoms with Gasteiger partial charge >= 0.3 is 0 Å². The first-order valence-electron chi connectivity index (χ1n) is 3.63. The highest BCUT2D eigenvalue weighted by atomic mass is 14.3. The molecule has 1 fully saturated rings. The molecule has 0 aliphatic heterocycles. The Labute approximate surface area is 50.6 Å². The lowest BCUT2D eigenvalue weighted by molar-refractivity contribution is 0.203. The molecule has 0 unspecified atom stereocenters. The second-order valence-electron chi connectivity index (χ2n) is 3.01.